The Labute approximate surface area is 149 Å². The average molecular weight is 347 g/mol. The van der Waals surface area contributed by atoms with E-state index < -0.39 is 0 Å². The maximum Gasteiger partial charge on any atom is 0.272 e. The van der Waals surface area contributed by atoms with Crippen molar-refractivity contribution in [2.24, 2.45) is 0 Å². The van der Waals surface area contributed by atoms with Crippen LogP contribution in [-0.2, 0) is 0 Å². The molecule has 0 heterocycles. The van der Waals surface area contributed by atoms with Gasteiger partial charge in [0.15, 0.2) is 0 Å². The Morgan fingerprint density at radius 2 is 1.67 bits per heavy atom. The first-order valence-corrected chi connectivity index (χ1v) is 8.52. The molecule has 0 aromatic heterocycles. The molecule has 24 heavy (non-hydrogen) atoms. The van der Waals surface area contributed by atoms with Gasteiger partial charge < -0.3 is 4.90 Å². The summed E-state index contributed by atoms with van der Waals surface area (Å²) >= 11 is 5.93. The van der Waals surface area contributed by atoms with Gasteiger partial charge in [-0.1, -0.05) is 29.8 Å². The van der Waals surface area contributed by atoms with Crippen molar-refractivity contribution in [1.29, 1.82) is 0 Å². The predicted octanol–water partition coefficient (Wildman–Crippen LogP) is 2.37. The molecular formula is C19H25ClN3O+. The lowest BCUT2D eigenvalue weighted by molar-refractivity contribution is -0.858. The number of hydrogen-bond donors (Lipinski definition) is 1. The van der Waals surface area contributed by atoms with Gasteiger partial charge >= 0.3 is 0 Å². The summed E-state index contributed by atoms with van der Waals surface area (Å²) in [7, 11) is 6.16. The van der Waals surface area contributed by atoms with E-state index in [1.54, 1.807) is 29.3 Å². The first-order valence-electron chi connectivity index (χ1n) is 8.14. The fourth-order valence-corrected chi connectivity index (χ4v) is 2.62. The van der Waals surface area contributed by atoms with E-state index in [0.717, 1.165) is 18.7 Å². The second-order valence-corrected chi connectivity index (χ2v) is 6.54. The molecule has 2 aromatic carbocycles. The first-order chi connectivity index (χ1) is 11.5. The normalized spacial score (nSPS) is 10.7. The molecule has 0 spiro atoms. The van der Waals surface area contributed by atoms with Crippen LogP contribution in [0.15, 0.2) is 54.6 Å². The smallest absolute Gasteiger partial charge is 0.272 e. The molecule has 0 saturated heterocycles. The molecule has 0 fully saturated rings. The zero-order valence-electron chi connectivity index (χ0n) is 14.5. The SMILES string of the molecule is CN(c1ccccc1)N(CCC[NH+](C)C)C(=O)c1ccc(Cl)cc1. The minimum atomic E-state index is -0.0215. The van der Waals surface area contributed by atoms with Crippen LogP contribution < -0.4 is 9.91 Å². The molecule has 2 aromatic rings. The van der Waals surface area contributed by atoms with Gasteiger partial charge in [0.1, 0.15) is 0 Å². The molecule has 5 heteroatoms. The molecule has 0 saturated carbocycles. The number of hydrogen-bond acceptors (Lipinski definition) is 2. The van der Waals surface area contributed by atoms with Crippen molar-refractivity contribution in [3.8, 4) is 0 Å². The van der Waals surface area contributed by atoms with Crippen LogP contribution >= 0.6 is 11.6 Å². The summed E-state index contributed by atoms with van der Waals surface area (Å²) < 4.78 is 0. The van der Waals surface area contributed by atoms with Crippen LogP contribution in [0.2, 0.25) is 5.02 Å². The summed E-state index contributed by atoms with van der Waals surface area (Å²) in [5.41, 5.74) is 1.62. The lowest BCUT2D eigenvalue weighted by atomic mass is 10.2. The summed E-state index contributed by atoms with van der Waals surface area (Å²) in [6.45, 7) is 1.67. The van der Waals surface area contributed by atoms with Crippen molar-refractivity contribution in [3.63, 3.8) is 0 Å². The standard InChI is InChI=1S/C19H24ClN3O/c1-21(2)14-7-15-23(22(3)18-8-5-4-6-9-18)19(24)16-10-12-17(20)13-11-16/h4-6,8-13H,7,14-15H2,1-3H3/p+1. The molecular weight excluding hydrogens is 322 g/mol. The fraction of sp³-hybridized carbons (Fsp3) is 0.316. The monoisotopic (exact) mass is 346 g/mol. The van der Waals surface area contributed by atoms with Crippen molar-refractivity contribution in [1.82, 2.24) is 5.01 Å². The van der Waals surface area contributed by atoms with E-state index in [4.69, 9.17) is 11.6 Å². The Morgan fingerprint density at radius 1 is 1.04 bits per heavy atom. The average Bonchev–Trinajstić information content (AvgIpc) is 2.59. The largest absolute Gasteiger partial charge is 0.340 e. The van der Waals surface area contributed by atoms with Crippen molar-refractivity contribution < 1.29 is 9.69 Å². The zero-order chi connectivity index (χ0) is 17.5. The van der Waals surface area contributed by atoms with Gasteiger partial charge in [0.2, 0.25) is 0 Å². The highest BCUT2D eigenvalue weighted by Gasteiger charge is 2.20. The van der Waals surface area contributed by atoms with E-state index >= 15 is 0 Å². The third-order valence-electron chi connectivity index (χ3n) is 3.86. The van der Waals surface area contributed by atoms with Crippen LogP contribution in [0.4, 0.5) is 5.69 Å². The minimum Gasteiger partial charge on any atom is -0.340 e. The number of anilines is 1. The Hall–Kier alpha value is -2.04. The molecule has 128 valence electrons. The molecule has 0 aliphatic rings. The summed E-state index contributed by atoms with van der Waals surface area (Å²) in [6, 6.07) is 17.0. The van der Waals surface area contributed by atoms with E-state index in [0.29, 0.717) is 17.1 Å². The number of carbonyl (C=O) groups excluding carboxylic acids is 1. The van der Waals surface area contributed by atoms with Gasteiger partial charge in [0.05, 0.1) is 26.3 Å². The summed E-state index contributed by atoms with van der Waals surface area (Å²) in [4.78, 5) is 14.4. The number of para-hydroxylation sites is 1. The van der Waals surface area contributed by atoms with Crippen molar-refractivity contribution in [2.75, 3.05) is 39.2 Å². The lowest BCUT2D eigenvalue weighted by Gasteiger charge is -2.33. The Kier molecular flexibility index (Phi) is 6.64. The number of amides is 1. The molecule has 0 atom stereocenters. The van der Waals surface area contributed by atoms with Crippen LogP contribution in [0, 0.1) is 0 Å². The summed E-state index contributed by atoms with van der Waals surface area (Å²) in [5, 5.41) is 4.34. The number of hydrazine groups is 1. The molecule has 1 N–H and O–H groups in total. The quantitative estimate of drug-likeness (QED) is 0.779. The first kappa shape index (κ1) is 18.3. The van der Waals surface area contributed by atoms with E-state index in [-0.39, 0.29) is 5.91 Å². The van der Waals surface area contributed by atoms with E-state index in [2.05, 4.69) is 14.1 Å². The van der Waals surface area contributed by atoms with Crippen LogP contribution in [0.5, 0.6) is 0 Å². The number of carbonyl (C=O) groups is 1. The molecule has 1 amide bonds. The number of nitrogens with zero attached hydrogens (tertiary/aromatic N) is 2. The van der Waals surface area contributed by atoms with Gasteiger partial charge in [-0.2, -0.15) is 0 Å². The van der Waals surface area contributed by atoms with Gasteiger partial charge in [0.25, 0.3) is 5.91 Å². The Bertz CT molecular complexity index is 643. The Balaban J connectivity index is 2.21. The predicted molar refractivity (Wildman–Crippen MR) is 99.6 cm³/mol. The minimum absolute atomic E-state index is 0.0215. The van der Waals surface area contributed by atoms with Crippen LogP contribution in [0.3, 0.4) is 0 Å². The molecule has 0 aliphatic carbocycles. The number of quaternary nitrogens is 1. The number of benzene rings is 2. The maximum absolute atomic E-state index is 13.0. The highest BCUT2D eigenvalue weighted by Crippen LogP contribution is 2.18. The Morgan fingerprint density at radius 3 is 2.25 bits per heavy atom. The van der Waals surface area contributed by atoms with Gasteiger partial charge in [-0.25, -0.2) is 5.01 Å². The summed E-state index contributed by atoms with van der Waals surface area (Å²) in [6.07, 6.45) is 0.929. The highest BCUT2D eigenvalue weighted by molar-refractivity contribution is 6.30. The van der Waals surface area contributed by atoms with E-state index in [1.807, 2.05) is 42.4 Å². The summed E-state index contributed by atoms with van der Waals surface area (Å²) in [5.74, 6) is -0.0215. The van der Waals surface area contributed by atoms with Crippen LogP contribution in [-0.4, -0.2) is 45.1 Å². The van der Waals surface area contributed by atoms with Crippen LogP contribution in [0.1, 0.15) is 16.8 Å². The third kappa shape index (κ3) is 4.98. The fourth-order valence-electron chi connectivity index (χ4n) is 2.49. The zero-order valence-corrected chi connectivity index (χ0v) is 15.3. The van der Waals surface area contributed by atoms with Gasteiger partial charge in [-0.3, -0.25) is 9.80 Å². The molecule has 2 rings (SSSR count). The number of nitrogens with one attached hydrogen (secondary N) is 1. The second-order valence-electron chi connectivity index (χ2n) is 6.11. The second kappa shape index (κ2) is 8.71. The number of rotatable bonds is 7. The van der Waals surface area contributed by atoms with E-state index in [9.17, 15) is 4.79 Å². The molecule has 4 nitrogen and oxygen atoms in total. The van der Waals surface area contributed by atoms with Crippen molar-refractivity contribution in [2.45, 2.75) is 6.42 Å². The highest BCUT2D eigenvalue weighted by atomic mass is 35.5. The van der Waals surface area contributed by atoms with E-state index in [1.165, 1.54) is 4.90 Å². The van der Waals surface area contributed by atoms with Gasteiger partial charge in [-0.15, -0.1) is 0 Å². The third-order valence-corrected chi connectivity index (χ3v) is 4.12. The topological polar surface area (TPSA) is 28.0 Å². The lowest BCUT2D eigenvalue weighted by Crippen LogP contribution is -3.05. The number of halogens is 1. The van der Waals surface area contributed by atoms with Gasteiger partial charge in [-0.05, 0) is 36.4 Å². The van der Waals surface area contributed by atoms with Crippen molar-refractivity contribution in [3.05, 3.63) is 65.2 Å². The van der Waals surface area contributed by atoms with Crippen LogP contribution in [0.25, 0.3) is 0 Å². The molecule has 0 unspecified atom stereocenters. The molecule has 0 bridgehead atoms. The maximum atomic E-state index is 13.0. The molecule has 0 radical (unpaired) electrons. The molecule has 0 aliphatic heterocycles. The van der Waals surface area contributed by atoms with Gasteiger partial charge in [0, 0.05) is 30.6 Å². The van der Waals surface area contributed by atoms with Crippen molar-refractivity contribution >= 4 is 23.2 Å².